The second-order valence-electron chi connectivity index (χ2n) is 7.75. The minimum atomic E-state index is -0.664. The largest absolute Gasteiger partial charge is 0.505 e. The van der Waals surface area contributed by atoms with E-state index in [0.717, 1.165) is 0 Å². The Morgan fingerprint density at radius 1 is 1.30 bits per heavy atom. The van der Waals surface area contributed by atoms with E-state index in [1.54, 1.807) is 18.5 Å². The number of amides is 2. The van der Waals surface area contributed by atoms with Gasteiger partial charge in [-0.15, -0.1) is 0 Å². The number of ether oxygens (including phenoxy) is 1. The van der Waals surface area contributed by atoms with Crippen molar-refractivity contribution in [2.75, 3.05) is 32.1 Å². The first-order valence-electron chi connectivity index (χ1n) is 10.2. The lowest BCUT2D eigenvalue weighted by atomic mass is 10.2. The van der Waals surface area contributed by atoms with Crippen LogP contribution in [0.15, 0.2) is 29.2 Å². The molecule has 0 fully saturated rings. The zero-order valence-corrected chi connectivity index (χ0v) is 19.0. The van der Waals surface area contributed by atoms with Crippen LogP contribution in [0.25, 0.3) is 10.9 Å². The van der Waals surface area contributed by atoms with Crippen LogP contribution < -0.4 is 10.5 Å². The average molecular weight is 477 g/mol. The standard InChI is InChI=1S/C22H22ClFN4O5/c1-4-33-22(32)26(3)15-11-27(10-12-5-6-14(24)13(23)9-12)20(30)16-17(15)28-8-7-25(2)21(31)18(28)19(16)29/h5-6,9,11,29H,4,7-8,10H2,1-3H3. The number of anilines is 1. The molecule has 11 heteroatoms. The predicted molar refractivity (Wildman–Crippen MR) is 121 cm³/mol. The maximum atomic E-state index is 13.6. The molecule has 0 radical (unpaired) electrons. The van der Waals surface area contributed by atoms with E-state index in [2.05, 4.69) is 0 Å². The quantitative estimate of drug-likeness (QED) is 0.624. The minimum absolute atomic E-state index is 0.00770. The van der Waals surface area contributed by atoms with E-state index in [9.17, 15) is 23.9 Å². The van der Waals surface area contributed by atoms with Crippen LogP contribution in [-0.2, 0) is 17.8 Å². The number of hydrogen-bond donors (Lipinski definition) is 1. The molecule has 1 aromatic carbocycles. The molecule has 0 aliphatic carbocycles. The van der Waals surface area contributed by atoms with Crippen molar-refractivity contribution in [2.45, 2.75) is 20.0 Å². The number of benzene rings is 1. The number of carbonyl (C=O) groups excluding carboxylic acids is 2. The highest BCUT2D eigenvalue weighted by molar-refractivity contribution is 6.30. The fraction of sp³-hybridized carbons (Fsp3) is 0.318. The van der Waals surface area contributed by atoms with Gasteiger partial charge in [0.25, 0.3) is 11.5 Å². The van der Waals surface area contributed by atoms with E-state index in [0.29, 0.717) is 18.7 Å². The molecule has 0 saturated carbocycles. The summed E-state index contributed by atoms with van der Waals surface area (Å²) in [4.78, 5) is 41.4. The van der Waals surface area contributed by atoms with E-state index < -0.39 is 29.1 Å². The summed E-state index contributed by atoms with van der Waals surface area (Å²) in [5.74, 6) is -1.47. The molecule has 2 amide bonds. The summed E-state index contributed by atoms with van der Waals surface area (Å²) in [5, 5.41) is 10.8. The van der Waals surface area contributed by atoms with Gasteiger partial charge < -0.3 is 23.9 Å². The number of fused-ring (bicyclic) bond motifs is 3. The lowest BCUT2D eigenvalue weighted by Gasteiger charge is -2.26. The van der Waals surface area contributed by atoms with Gasteiger partial charge >= 0.3 is 6.09 Å². The van der Waals surface area contributed by atoms with Crippen LogP contribution in [0.3, 0.4) is 0 Å². The van der Waals surface area contributed by atoms with Crippen molar-refractivity contribution < 1.29 is 23.8 Å². The summed E-state index contributed by atoms with van der Waals surface area (Å²) >= 11 is 5.88. The molecule has 0 unspecified atom stereocenters. The molecule has 0 bridgehead atoms. The number of likely N-dealkylation sites (N-methyl/N-ethyl adjacent to an activating group) is 1. The van der Waals surface area contributed by atoms with Crippen LogP contribution in [0.2, 0.25) is 5.02 Å². The maximum Gasteiger partial charge on any atom is 0.414 e. The van der Waals surface area contributed by atoms with Crippen molar-refractivity contribution >= 4 is 40.2 Å². The van der Waals surface area contributed by atoms with Crippen LogP contribution >= 0.6 is 11.6 Å². The maximum absolute atomic E-state index is 13.6. The van der Waals surface area contributed by atoms with Gasteiger partial charge in [0.15, 0.2) is 11.4 Å². The van der Waals surface area contributed by atoms with Gasteiger partial charge in [0, 0.05) is 33.4 Å². The van der Waals surface area contributed by atoms with Crippen molar-refractivity contribution in [1.29, 1.82) is 0 Å². The molecule has 2 aromatic heterocycles. The highest BCUT2D eigenvalue weighted by Gasteiger charge is 2.33. The van der Waals surface area contributed by atoms with Gasteiger partial charge in [-0.25, -0.2) is 9.18 Å². The molecule has 0 spiro atoms. The minimum Gasteiger partial charge on any atom is -0.505 e. The van der Waals surface area contributed by atoms with Crippen LogP contribution in [0.1, 0.15) is 23.0 Å². The number of pyridine rings is 1. The van der Waals surface area contributed by atoms with E-state index in [1.165, 1.54) is 45.8 Å². The smallest absolute Gasteiger partial charge is 0.414 e. The Bertz CT molecular complexity index is 1350. The second-order valence-corrected chi connectivity index (χ2v) is 8.16. The fourth-order valence-corrected chi connectivity index (χ4v) is 4.18. The summed E-state index contributed by atoms with van der Waals surface area (Å²) < 4.78 is 21.5. The number of halogens is 2. The third-order valence-electron chi connectivity index (χ3n) is 5.68. The van der Waals surface area contributed by atoms with Gasteiger partial charge in [-0.3, -0.25) is 14.5 Å². The van der Waals surface area contributed by atoms with E-state index >= 15 is 0 Å². The van der Waals surface area contributed by atoms with Crippen LogP contribution in [0.5, 0.6) is 5.75 Å². The van der Waals surface area contributed by atoms with Crippen molar-refractivity contribution in [3.8, 4) is 5.75 Å². The molecule has 9 nitrogen and oxygen atoms in total. The Hall–Kier alpha value is -3.53. The fourth-order valence-electron chi connectivity index (χ4n) is 3.97. The van der Waals surface area contributed by atoms with Gasteiger partial charge in [0.2, 0.25) is 0 Å². The van der Waals surface area contributed by atoms with Crippen LogP contribution in [-0.4, -0.2) is 58.4 Å². The molecular weight excluding hydrogens is 455 g/mol. The number of hydrogen-bond acceptors (Lipinski definition) is 5. The molecule has 0 atom stereocenters. The average Bonchev–Trinajstić information content (AvgIpc) is 3.08. The lowest BCUT2D eigenvalue weighted by Crippen LogP contribution is -2.37. The first-order chi connectivity index (χ1) is 15.6. The second kappa shape index (κ2) is 8.43. The van der Waals surface area contributed by atoms with Gasteiger partial charge in [0.1, 0.15) is 11.2 Å². The molecule has 33 heavy (non-hydrogen) atoms. The molecule has 4 rings (SSSR count). The molecule has 174 valence electrons. The summed E-state index contributed by atoms with van der Waals surface area (Å²) in [5.41, 5.74) is 0.484. The Kier molecular flexibility index (Phi) is 5.79. The van der Waals surface area contributed by atoms with Crippen molar-refractivity contribution in [2.24, 2.45) is 0 Å². The third-order valence-corrected chi connectivity index (χ3v) is 5.97. The van der Waals surface area contributed by atoms with Crippen molar-refractivity contribution in [3.63, 3.8) is 0 Å². The van der Waals surface area contributed by atoms with Gasteiger partial charge in [-0.05, 0) is 24.6 Å². The zero-order valence-electron chi connectivity index (χ0n) is 18.3. The molecular formula is C22H22ClFN4O5. The number of aromatic nitrogens is 2. The molecule has 1 N–H and O–H groups in total. The summed E-state index contributed by atoms with van der Waals surface area (Å²) in [6, 6.07) is 4.07. The molecule has 1 aliphatic heterocycles. The summed E-state index contributed by atoms with van der Waals surface area (Å²) in [6.07, 6.45) is 0.789. The van der Waals surface area contributed by atoms with Crippen molar-refractivity contribution in [1.82, 2.24) is 14.0 Å². The highest BCUT2D eigenvalue weighted by Crippen LogP contribution is 2.37. The summed E-state index contributed by atoms with van der Waals surface area (Å²) in [6.45, 7) is 2.50. The number of aromatic hydroxyl groups is 1. The van der Waals surface area contributed by atoms with Gasteiger partial charge in [0.05, 0.1) is 29.4 Å². The topological polar surface area (TPSA) is 97.0 Å². The Morgan fingerprint density at radius 2 is 2.03 bits per heavy atom. The number of nitrogens with zero attached hydrogens (tertiary/aromatic N) is 4. The lowest BCUT2D eigenvalue weighted by molar-refractivity contribution is 0.0747. The number of carbonyl (C=O) groups is 2. The predicted octanol–water partition coefficient (Wildman–Crippen LogP) is 3.03. The Balaban J connectivity index is 1.99. The first-order valence-corrected chi connectivity index (χ1v) is 10.6. The molecule has 3 aromatic rings. The van der Waals surface area contributed by atoms with E-state index in [-0.39, 0.29) is 40.5 Å². The van der Waals surface area contributed by atoms with E-state index in [1.807, 2.05) is 0 Å². The number of rotatable bonds is 4. The van der Waals surface area contributed by atoms with Gasteiger partial charge in [-0.1, -0.05) is 17.7 Å². The van der Waals surface area contributed by atoms with Crippen LogP contribution in [0, 0.1) is 5.82 Å². The molecule has 3 heterocycles. The highest BCUT2D eigenvalue weighted by atomic mass is 35.5. The normalized spacial score (nSPS) is 13.4. The molecule has 0 saturated heterocycles. The third kappa shape index (κ3) is 3.70. The van der Waals surface area contributed by atoms with Crippen LogP contribution in [0.4, 0.5) is 14.9 Å². The monoisotopic (exact) mass is 476 g/mol. The van der Waals surface area contributed by atoms with Gasteiger partial charge in [-0.2, -0.15) is 0 Å². The Labute approximate surface area is 193 Å². The zero-order chi connectivity index (χ0) is 24.0. The van der Waals surface area contributed by atoms with Crippen molar-refractivity contribution in [3.05, 3.63) is 56.8 Å². The van der Waals surface area contributed by atoms with E-state index in [4.69, 9.17) is 16.3 Å². The first kappa shape index (κ1) is 22.7. The Morgan fingerprint density at radius 3 is 2.70 bits per heavy atom. The molecule has 1 aliphatic rings. The SMILES string of the molecule is CCOC(=O)N(C)c1cn(Cc2ccc(F)c(Cl)c2)c(=O)c2c(O)c3n(c12)CCN(C)C3=O. The summed E-state index contributed by atoms with van der Waals surface area (Å²) in [7, 11) is 3.08.